The van der Waals surface area contributed by atoms with Crippen LogP contribution in [0.4, 0.5) is 0 Å². The Hall–Kier alpha value is -3.36. The van der Waals surface area contributed by atoms with Gasteiger partial charge < -0.3 is 14.6 Å². The minimum absolute atomic E-state index is 0.0677. The second kappa shape index (κ2) is 6.33. The Kier molecular flexibility index (Phi) is 3.87. The molecule has 0 spiro atoms. The first-order chi connectivity index (χ1) is 14.1. The van der Waals surface area contributed by atoms with Crippen molar-refractivity contribution >= 4 is 0 Å². The number of hydrogen-bond acceptors (Lipinski definition) is 5. The molecule has 5 nitrogen and oxygen atoms in total. The van der Waals surface area contributed by atoms with E-state index in [0.717, 1.165) is 17.5 Å². The van der Waals surface area contributed by atoms with Crippen molar-refractivity contribution in [2.75, 3.05) is 7.11 Å². The number of rotatable bonds is 3. The van der Waals surface area contributed by atoms with Gasteiger partial charge in [-0.25, -0.2) is 0 Å². The summed E-state index contributed by atoms with van der Waals surface area (Å²) >= 11 is 0. The molecule has 1 fully saturated rings. The van der Waals surface area contributed by atoms with Crippen LogP contribution in [0.3, 0.4) is 0 Å². The molecule has 2 aromatic carbocycles. The Morgan fingerprint density at radius 1 is 1.10 bits per heavy atom. The molecular weight excluding hydrogens is 364 g/mol. The summed E-state index contributed by atoms with van der Waals surface area (Å²) in [7, 11) is 1.56. The predicted molar refractivity (Wildman–Crippen MR) is 107 cm³/mol. The maximum absolute atomic E-state index is 12.0. The van der Waals surface area contributed by atoms with Crippen molar-refractivity contribution in [2.24, 2.45) is 0 Å². The maximum Gasteiger partial charge on any atom is 0.224 e. The van der Waals surface area contributed by atoms with E-state index in [1.165, 1.54) is 0 Å². The topological polar surface area (TPSA) is 75.4 Å². The summed E-state index contributed by atoms with van der Waals surface area (Å²) in [4.78, 5) is 4.48. The molecule has 0 radical (unpaired) electrons. The molecule has 1 aliphatic heterocycles. The quantitative estimate of drug-likeness (QED) is 0.738. The Labute approximate surface area is 169 Å². The zero-order chi connectivity index (χ0) is 20.1. The molecule has 3 atom stereocenters. The highest BCUT2D eigenvalue weighted by Gasteiger charge is 2.68. The van der Waals surface area contributed by atoms with Crippen LogP contribution < -0.4 is 9.47 Å². The molecule has 1 saturated carbocycles. The average Bonchev–Trinajstić information content (AvgIpc) is 3.21. The van der Waals surface area contributed by atoms with Gasteiger partial charge in [-0.2, -0.15) is 10.2 Å². The van der Waals surface area contributed by atoms with Crippen molar-refractivity contribution in [3.8, 4) is 17.8 Å². The lowest BCUT2D eigenvalue weighted by atomic mass is 9.72. The lowest BCUT2D eigenvalue weighted by Crippen LogP contribution is -2.48. The van der Waals surface area contributed by atoms with E-state index in [2.05, 4.69) is 23.2 Å². The summed E-state index contributed by atoms with van der Waals surface area (Å²) in [6.45, 7) is 0. The van der Waals surface area contributed by atoms with E-state index < -0.39 is 11.2 Å². The molecule has 29 heavy (non-hydrogen) atoms. The molecule has 0 amide bonds. The summed E-state index contributed by atoms with van der Waals surface area (Å²) < 4.78 is 11.8. The van der Waals surface area contributed by atoms with Crippen LogP contribution in [0.15, 0.2) is 66.7 Å². The first-order valence-corrected chi connectivity index (χ1v) is 9.65. The van der Waals surface area contributed by atoms with Crippen LogP contribution >= 0.6 is 0 Å². The molecule has 144 valence electrons. The summed E-state index contributed by atoms with van der Waals surface area (Å²) in [6.07, 6.45) is 1.32. The fourth-order valence-corrected chi connectivity index (χ4v) is 4.98. The zero-order valence-electron chi connectivity index (χ0n) is 16.0. The Balaban J connectivity index is 1.74. The largest absolute Gasteiger partial charge is 0.481 e. The Morgan fingerprint density at radius 2 is 1.86 bits per heavy atom. The highest BCUT2D eigenvalue weighted by molar-refractivity contribution is 5.52. The van der Waals surface area contributed by atoms with E-state index in [0.29, 0.717) is 29.3 Å². The Bertz CT molecular complexity index is 1110. The fourth-order valence-electron chi connectivity index (χ4n) is 4.98. The number of hydrogen-bond donors (Lipinski definition) is 1. The van der Waals surface area contributed by atoms with Gasteiger partial charge in [0.2, 0.25) is 11.8 Å². The van der Waals surface area contributed by atoms with E-state index >= 15 is 0 Å². The van der Waals surface area contributed by atoms with Crippen LogP contribution in [0.2, 0.25) is 0 Å². The number of ether oxygens (including phenoxy) is 2. The predicted octanol–water partition coefficient (Wildman–Crippen LogP) is 4.01. The summed E-state index contributed by atoms with van der Waals surface area (Å²) in [5.41, 5.74) is 0.939. The molecular formula is C24H20N2O3. The lowest BCUT2D eigenvalue weighted by Gasteiger charge is -2.40. The van der Waals surface area contributed by atoms with Crippen molar-refractivity contribution in [2.45, 2.75) is 30.0 Å². The molecule has 3 aromatic rings. The molecule has 1 aromatic heterocycles. The van der Waals surface area contributed by atoms with Crippen molar-refractivity contribution in [3.05, 3.63) is 89.0 Å². The SMILES string of the molecule is COc1ccc2c(n1)OC1(c3ccc(C#N)cc3)C(c3ccccc3)CCC21O. The maximum atomic E-state index is 12.0. The molecule has 1 N–H and O–H groups in total. The van der Waals surface area contributed by atoms with Crippen molar-refractivity contribution < 1.29 is 14.6 Å². The molecule has 5 rings (SSSR count). The van der Waals surface area contributed by atoms with Crippen LogP contribution in [-0.2, 0) is 11.2 Å². The van der Waals surface area contributed by atoms with E-state index in [1.54, 1.807) is 25.3 Å². The molecule has 2 aliphatic rings. The van der Waals surface area contributed by atoms with Crippen LogP contribution in [0.25, 0.3) is 0 Å². The van der Waals surface area contributed by atoms with Crippen LogP contribution in [0, 0.1) is 11.3 Å². The van der Waals surface area contributed by atoms with Gasteiger partial charge in [-0.05, 0) is 42.2 Å². The highest BCUT2D eigenvalue weighted by Crippen LogP contribution is 2.66. The van der Waals surface area contributed by atoms with Crippen molar-refractivity contribution in [1.82, 2.24) is 4.98 Å². The monoisotopic (exact) mass is 384 g/mol. The highest BCUT2D eigenvalue weighted by atomic mass is 16.5. The zero-order valence-corrected chi connectivity index (χ0v) is 16.0. The Morgan fingerprint density at radius 3 is 2.55 bits per heavy atom. The molecule has 1 aliphatic carbocycles. The second-order valence-corrected chi connectivity index (χ2v) is 7.60. The third-order valence-corrected chi connectivity index (χ3v) is 6.29. The van der Waals surface area contributed by atoms with Gasteiger partial charge in [-0.15, -0.1) is 0 Å². The van der Waals surface area contributed by atoms with E-state index in [9.17, 15) is 10.4 Å². The van der Waals surface area contributed by atoms with E-state index in [4.69, 9.17) is 9.47 Å². The van der Waals surface area contributed by atoms with Gasteiger partial charge in [-0.3, -0.25) is 0 Å². The number of nitrogens with zero attached hydrogens (tertiary/aromatic N) is 2. The smallest absolute Gasteiger partial charge is 0.224 e. The van der Waals surface area contributed by atoms with Crippen LogP contribution in [0.1, 0.15) is 41.0 Å². The number of methoxy groups -OCH3 is 1. The standard InChI is InChI=1S/C24H20N2O3/c1-28-21-12-11-20-22(26-21)29-24(18-9-7-16(15-25)8-10-18)19(13-14-23(20,24)27)17-5-3-2-4-6-17/h2-12,19,27H,13-14H2,1H3. The number of pyridine rings is 1. The third kappa shape index (κ3) is 2.33. The van der Waals surface area contributed by atoms with E-state index in [-0.39, 0.29) is 5.92 Å². The van der Waals surface area contributed by atoms with Crippen molar-refractivity contribution in [1.29, 1.82) is 5.26 Å². The third-order valence-electron chi connectivity index (χ3n) is 6.29. The summed E-state index contributed by atoms with van der Waals surface area (Å²) in [6, 6.07) is 23.2. The first kappa shape index (κ1) is 17.7. The number of benzene rings is 2. The normalized spacial score (nSPS) is 26.9. The van der Waals surface area contributed by atoms with Gasteiger partial charge in [0.15, 0.2) is 5.60 Å². The van der Waals surface area contributed by atoms with Gasteiger partial charge in [0.05, 0.1) is 24.3 Å². The van der Waals surface area contributed by atoms with Gasteiger partial charge in [0, 0.05) is 12.0 Å². The number of nitriles is 1. The molecule has 0 bridgehead atoms. The van der Waals surface area contributed by atoms with Gasteiger partial charge >= 0.3 is 0 Å². The second-order valence-electron chi connectivity index (χ2n) is 7.60. The minimum Gasteiger partial charge on any atom is -0.481 e. The van der Waals surface area contributed by atoms with Gasteiger partial charge in [0.1, 0.15) is 5.60 Å². The first-order valence-electron chi connectivity index (χ1n) is 9.65. The fraction of sp³-hybridized carbons (Fsp3) is 0.250. The number of fused-ring (bicyclic) bond motifs is 3. The van der Waals surface area contributed by atoms with Crippen molar-refractivity contribution in [3.63, 3.8) is 0 Å². The average molecular weight is 384 g/mol. The van der Waals surface area contributed by atoms with Gasteiger partial charge in [0.25, 0.3) is 0 Å². The van der Waals surface area contributed by atoms with Crippen LogP contribution in [0.5, 0.6) is 11.8 Å². The van der Waals surface area contributed by atoms with Gasteiger partial charge in [-0.1, -0.05) is 42.5 Å². The molecule has 0 saturated heterocycles. The minimum atomic E-state index is -1.23. The van der Waals surface area contributed by atoms with E-state index in [1.807, 2.05) is 36.4 Å². The number of aliphatic hydroxyl groups is 1. The summed E-state index contributed by atoms with van der Waals surface area (Å²) in [5, 5.41) is 21.2. The lowest BCUT2D eigenvalue weighted by molar-refractivity contribution is -0.106. The number of aromatic nitrogens is 1. The summed E-state index contributed by atoms with van der Waals surface area (Å²) in [5.74, 6) is 0.775. The molecule has 3 unspecified atom stereocenters. The van der Waals surface area contributed by atoms with Crippen LogP contribution in [-0.4, -0.2) is 17.2 Å². The molecule has 2 heterocycles. The molecule has 5 heteroatoms.